The van der Waals surface area contributed by atoms with Gasteiger partial charge in [0.2, 0.25) is 0 Å². The molecule has 0 nitrogen and oxygen atoms in total. The van der Waals surface area contributed by atoms with Crippen LogP contribution in [-0.4, -0.2) is 0 Å². The summed E-state index contributed by atoms with van der Waals surface area (Å²) in [6.07, 6.45) is 7.95. The molecular weight excluding hydrogens is 132 g/mol. The molecule has 0 radical (unpaired) electrons. The van der Waals surface area contributed by atoms with E-state index < -0.39 is 0 Å². The van der Waals surface area contributed by atoms with Crippen LogP contribution in [0.15, 0.2) is 23.8 Å². The molecule has 0 N–H and O–H groups in total. The molecule has 0 saturated carbocycles. The van der Waals surface area contributed by atoms with Crippen molar-refractivity contribution in [1.29, 1.82) is 0 Å². The van der Waals surface area contributed by atoms with Crippen LogP contribution in [-0.2, 0) is 0 Å². The van der Waals surface area contributed by atoms with E-state index in [0.717, 1.165) is 5.92 Å². The molecule has 1 atom stereocenters. The average Bonchev–Trinajstić information content (AvgIpc) is 2.00. The van der Waals surface area contributed by atoms with Crippen LogP contribution < -0.4 is 0 Å². The molecule has 0 aromatic rings. The van der Waals surface area contributed by atoms with Gasteiger partial charge in [-0.2, -0.15) is 0 Å². The lowest BCUT2D eigenvalue weighted by atomic mass is 10.00. The van der Waals surface area contributed by atoms with Crippen LogP contribution in [0.3, 0.4) is 0 Å². The van der Waals surface area contributed by atoms with Gasteiger partial charge >= 0.3 is 0 Å². The summed E-state index contributed by atoms with van der Waals surface area (Å²) in [5.74, 6) is 0.763. The number of hydrogen-bond acceptors (Lipinski definition) is 0. The summed E-state index contributed by atoms with van der Waals surface area (Å²) in [4.78, 5) is 0. The first-order valence-corrected chi connectivity index (χ1v) is 4.14. The summed E-state index contributed by atoms with van der Waals surface area (Å²) in [5.41, 5.74) is 1.41. The highest BCUT2D eigenvalue weighted by molar-refractivity contribution is 5.20. The molecule has 0 spiro atoms. The van der Waals surface area contributed by atoms with Gasteiger partial charge in [0.05, 0.1) is 0 Å². The molecule has 0 bridgehead atoms. The molecule has 1 unspecified atom stereocenters. The number of hydrogen-bond donors (Lipinski definition) is 0. The molecule has 0 saturated heterocycles. The lowest BCUT2D eigenvalue weighted by molar-refractivity contribution is 0.731. The molecular formula is C11H22. The van der Waals surface area contributed by atoms with Crippen molar-refractivity contribution in [2.75, 3.05) is 0 Å². The summed E-state index contributed by atoms with van der Waals surface area (Å²) < 4.78 is 0. The van der Waals surface area contributed by atoms with Gasteiger partial charge in [0.1, 0.15) is 0 Å². The fraction of sp³-hybridized carbons (Fsp3) is 0.636. The first kappa shape index (κ1) is 13.1. The second-order valence-electron chi connectivity index (χ2n) is 2.52. The molecule has 0 aliphatic heterocycles. The number of rotatable bonds is 0. The SMILES string of the molecule is C.CC.CC1=CCC(C)C=C1. The van der Waals surface area contributed by atoms with E-state index in [1.165, 1.54) is 12.0 Å². The molecule has 0 aromatic carbocycles. The molecule has 0 aromatic heterocycles. The first-order valence-electron chi connectivity index (χ1n) is 4.14. The summed E-state index contributed by atoms with van der Waals surface area (Å²) in [6, 6.07) is 0. The zero-order valence-corrected chi connectivity index (χ0v) is 7.52. The smallest absolute Gasteiger partial charge is 0.0224 e. The van der Waals surface area contributed by atoms with Crippen molar-refractivity contribution >= 4 is 0 Å². The zero-order valence-electron chi connectivity index (χ0n) is 7.52. The summed E-state index contributed by atoms with van der Waals surface area (Å²) in [6.45, 7) is 8.38. The normalized spacial score (nSPS) is 20.7. The predicted molar refractivity (Wildman–Crippen MR) is 54.8 cm³/mol. The van der Waals surface area contributed by atoms with E-state index in [2.05, 4.69) is 32.1 Å². The van der Waals surface area contributed by atoms with Crippen molar-refractivity contribution in [3.8, 4) is 0 Å². The van der Waals surface area contributed by atoms with Crippen molar-refractivity contribution in [3.63, 3.8) is 0 Å². The Hall–Kier alpha value is -0.520. The Bertz CT molecular complexity index is 129. The largest absolute Gasteiger partial charge is 0.0811 e. The van der Waals surface area contributed by atoms with Gasteiger partial charge in [0.15, 0.2) is 0 Å². The van der Waals surface area contributed by atoms with Gasteiger partial charge in [0.25, 0.3) is 0 Å². The summed E-state index contributed by atoms with van der Waals surface area (Å²) >= 11 is 0. The van der Waals surface area contributed by atoms with Crippen LogP contribution in [0.25, 0.3) is 0 Å². The quantitative estimate of drug-likeness (QED) is 0.490. The Labute approximate surface area is 72.0 Å². The average molecular weight is 154 g/mol. The van der Waals surface area contributed by atoms with E-state index in [4.69, 9.17) is 0 Å². The Morgan fingerprint density at radius 1 is 1.36 bits per heavy atom. The van der Waals surface area contributed by atoms with Crippen molar-refractivity contribution in [2.24, 2.45) is 5.92 Å². The maximum atomic E-state index is 2.28. The molecule has 0 heteroatoms. The maximum Gasteiger partial charge on any atom is -0.0224 e. The van der Waals surface area contributed by atoms with E-state index in [1.807, 2.05) is 13.8 Å². The first-order chi connectivity index (χ1) is 4.79. The predicted octanol–water partition coefficient (Wildman–Crippen LogP) is 4.19. The molecule has 0 amide bonds. The van der Waals surface area contributed by atoms with Gasteiger partial charge < -0.3 is 0 Å². The minimum absolute atomic E-state index is 0. The standard InChI is InChI=1S/C8H12.C2H6.CH4/c1-7-3-5-8(2)6-4-7;1-2;/h3-5,8H,6H2,1-2H3;1-2H3;1H4. The van der Waals surface area contributed by atoms with Gasteiger partial charge in [-0.25, -0.2) is 0 Å². The lowest BCUT2D eigenvalue weighted by Crippen LogP contribution is -1.91. The van der Waals surface area contributed by atoms with Crippen LogP contribution in [0.2, 0.25) is 0 Å². The molecule has 1 aliphatic rings. The van der Waals surface area contributed by atoms with Crippen LogP contribution in [0.1, 0.15) is 41.5 Å². The van der Waals surface area contributed by atoms with Crippen molar-refractivity contribution in [2.45, 2.75) is 41.5 Å². The third-order valence-electron chi connectivity index (χ3n) is 1.50. The Morgan fingerprint density at radius 2 is 1.91 bits per heavy atom. The Kier molecular flexibility index (Phi) is 9.03. The third-order valence-corrected chi connectivity index (χ3v) is 1.50. The van der Waals surface area contributed by atoms with Crippen molar-refractivity contribution in [1.82, 2.24) is 0 Å². The van der Waals surface area contributed by atoms with Gasteiger partial charge in [-0.15, -0.1) is 0 Å². The Morgan fingerprint density at radius 3 is 2.18 bits per heavy atom. The third kappa shape index (κ3) is 5.90. The highest BCUT2D eigenvalue weighted by atomic mass is 14.0. The van der Waals surface area contributed by atoms with E-state index in [1.54, 1.807) is 0 Å². The van der Waals surface area contributed by atoms with E-state index in [0.29, 0.717) is 0 Å². The molecule has 0 heterocycles. The van der Waals surface area contributed by atoms with Crippen LogP contribution in [0, 0.1) is 5.92 Å². The van der Waals surface area contributed by atoms with Gasteiger partial charge in [-0.3, -0.25) is 0 Å². The van der Waals surface area contributed by atoms with Crippen molar-refractivity contribution < 1.29 is 0 Å². The maximum absolute atomic E-state index is 2.28. The summed E-state index contributed by atoms with van der Waals surface area (Å²) in [5, 5.41) is 0. The minimum Gasteiger partial charge on any atom is -0.0811 e. The lowest BCUT2D eigenvalue weighted by Gasteiger charge is -2.06. The van der Waals surface area contributed by atoms with E-state index in [9.17, 15) is 0 Å². The summed E-state index contributed by atoms with van der Waals surface area (Å²) in [7, 11) is 0. The van der Waals surface area contributed by atoms with E-state index >= 15 is 0 Å². The zero-order chi connectivity index (χ0) is 7.98. The molecule has 1 aliphatic carbocycles. The fourth-order valence-corrected chi connectivity index (χ4v) is 0.834. The highest BCUT2D eigenvalue weighted by Gasteiger charge is 1.97. The second kappa shape index (κ2) is 7.59. The monoisotopic (exact) mass is 154 g/mol. The molecule has 11 heavy (non-hydrogen) atoms. The molecule has 1 rings (SSSR count). The van der Waals surface area contributed by atoms with Crippen LogP contribution in [0.4, 0.5) is 0 Å². The second-order valence-corrected chi connectivity index (χ2v) is 2.52. The molecule has 0 fully saturated rings. The Balaban J connectivity index is 0. The van der Waals surface area contributed by atoms with Gasteiger partial charge in [0, 0.05) is 0 Å². The number of allylic oxidation sites excluding steroid dienone is 4. The van der Waals surface area contributed by atoms with E-state index in [-0.39, 0.29) is 7.43 Å². The molecule has 66 valence electrons. The van der Waals surface area contributed by atoms with Crippen molar-refractivity contribution in [3.05, 3.63) is 23.8 Å². The highest BCUT2D eigenvalue weighted by Crippen LogP contribution is 2.13. The van der Waals surface area contributed by atoms with Gasteiger partial charge in [-0.1, -0.05) is 52.0 Å². The van der Waals surface area contributed by atoms with Crippen LogP contribution in [0.5, 0.6) is 0 Å². The van der Waals surface area contributed by atoms with Gasteiger partial charge in [-0.05, 0) is 19.3 Å². The fourth-order valence-electron chi connectivity index (χ4n) is 0.834. The van der Waals surface area contributed by atoms with Crippen LogP contribution >= 0.6 is 0 Å². The minimum atomic E-state index is 0. The topological polar surface area (TPSA) is 0 Å².